The molecule has 1 amide bonds. The number of carbonyl (C=O) groups is 1. The predicted molar refractivity (Wildman–Crippen MR) is 129 cm³/mol. The fourth-order valence-corrected chi connectivity index (χ4v) is 6.09. The molecule has 2 aromatic carbocycles. The summed E-state index contributed by atoms with van der Waals surface area (Å²) in [6, 6.07) is 12.0. The van der Waals surface area contributed by atoms with Gasteiger partial charge in [-0.2, -0.15) is 4.31 Å². The van der Waals surface area contributed by atoms with Gasteiger partial charge in [0.1, 0.15) is 12.4 Å². The smallest absolute Gasteiger partial charge is 0.243 e. The molecule has 0 radical (unpaired) electrons. The first kappa shape index (κ1) is 26.4. The lowest BCUT2D eigenvalue weighted by Gasteiger charge is -2.31. The van der Waals surface area contributed by atoms with Crippen LogP contribution in [0.25, 0.3) is 0 Å². The lowest BCUT2D eigenvalue weighted by molar-refractivity contribution is -0.126. The summed E-state index contributed by atoms with van der Waals surface area (Å²) in [5.74, 6) is -0.205. The number of rotatable bonds is 9. The average Bonchev–Trinajstić information content (AvgIpc) is 2.82. The molecule has 186 valence electrons. The molecule has 34 heavy (non-hydrogen) atoms. The maximum Gasteiger partial charge on any atom is 0.243 e. The number of carbonyl (C=O) groups excluding carboxylic acids is 1. The zero-order chi connectivity index (χ0) is 24.9. The Morgan fingerprint density at radius 2 is 1.68 bits per heavy atom. The third kappa shape index (κ3) is 6.28. The van der Waals surface area contributed by atoms with Gasteiger partial charge < -0.3 is 10.1 Å². The van der Waals surface area contributed by atoms with Gasteiger partial charge in [0.05, 0.1) is 22.3 Å². The van der Waals surface area contributed by atoms with E-state index in [0.717, 1.165) is 4.31 Å². The second kappa shape index (κ2) is 11.0. The van der Waals surface area contributed by atoms with Gasteiger partial charge in [-0.15, -0.1) is 0 Å². The van der Waals surface area contributed by atoms with E-state index in [9.17, 15) is 21.6 Å². The van der Waals surface area contributed by atoms with E-state index in [1.165, 1.54) is 54.8 Å². The summed E-state index contributed by atoms with van der Waals surface area (Å²) < 4.78 is 58.0. The highest BCUT2D eigenvalue weighted by Gasteiger charge is 2.33. The molecule has 0 aliphatic carbocycles. The van der Waals surface area contributed by atoms with Crippen LogP contribution in [0.5, 0.6) is 5.75 Å². The Bertz CT molecular complexity index is 1200. The van der Waals surface area contributed by atoms with Crippen molar-refractivity contribution in [1.29, 1.82) is 0 Å². The molecule has 1 atom stereocenters. The van der Waals surface area contributed by atoms with Gasteiger partial charge >= 0.3 is 0 Å². The van der Waals surface area contributed by atoms with Crippen LogP contribution in [0.15, 0.2) is 58.3 Å². The fourth-order valence-electron chi connectivity index (χ4n) is 3.54. The van der Waals surface area contributed by atoms with Crippen molar-refractivity contribution in [3.05, 3.63) is 53.6 Å². The molecule has 1 unspecified atom stereocenters. The lowest BCUT2D eigenvalue weighted by atomic mass is 9.99. The number of nitrogens with zero attached hydrogens (tertiary/aromatic N) is 2. The van der Waals surface area contributed by atoms with Crippen molar-refractivity contribution in [3.8, 4) is 5.75 Å². The molecule has 1 aliphatic heterocycles. The van der Waals surface area contributed by atoms with Gasteiger partial charge in [-0.3, -0.25) is 4.79 Å². The Morgan fingerprint density at radius 1 is 1.06 bits per heavy atom. The summed E-state index contributed by atoms with van der Waals surface area (Å²) in [4.78, 5) is 12.9. The van der Waals surface area contributed by atoms with E-state index in [2.05, 4.69) is 5.32 Å². The number of amides is 1. The summed E-state index contributed by atoms with van der Waals surface area (Å²) in [5, 5.41) is 3.24. The first-order valence-electron chi connectivity index (χ1n) is 10.7. The molecular formula is C22H28ClN3O6S2. The largest absolute Gasteiger partial charge is 0.492 e. The lowest BCUT2D eigenvalue weighted by Crippen LogP contribution is -2.45. The number of ether oxygens (including phenoxy) is 1. The van der Waals surface area contributed by atoms with E-state index in [1.807, 2.05) is 0 Å². The van der Waals surface area contributed by atoms with Crippen LogP contribution in [0.2, 0.25) is 5.02 Å². The third-order valence-electron chi connectivity index (χ3n) is 5.48. The molecule has 9 nitrogen and oxygen atoms in total. The van der Waals surface area contributed by atoms with Crippen molar-refractivity contribution in [1.82, 2.24) is 13.9 Å². The minimum Gasteiger partial charge on any atom is -0.492 e. The van der Waals surface area contributed by atoms with E-state index in [4.69, 9.17) is 16.3 Å². The zero-order valence-electron chi connectivity index (χ0n) is 19.0. The Morgan fingerprint density at radius 3 is 2.29 bits per heavy atom. The standard InChI is InChI=1S/C22H28ClN3O6S2/c1-25(2)33(28,29)20-11-7-19(8-12-20)32-15-13-24-22(27)17-4-3-14-26(16-17)34(30,31)21-9-5-18(23)6-10-21/h5-12,17H,3-4,13-16H2,1-2H3,(H,24,27). The number of benzene rings is 2. The molecule has 0 saturated carbocycles. The summed E-state index contributed by atoms with van der Waals surface area (Å²) in [6.45, 7) is 0.888. The second-order valence-electron chi connectivity index (χ2n) is 8.05. The normalized spacial score (nSPS) is 17.5. The van der Waals surface area contributed by atoms with Crippen molar-refractivity contribution in [2.45, 2.75) is 22.6 Å². The third-order valence-corrected chi connectivity index (χ3v) is 9.44. The maximum absolute atomic E-state index is 12.9. The molecule has 1 heterocycles. The Labute approximate surface area is 205 Å². The second-order valence-corrected chi connectivity index (χ2v) is 12.6. The SMILES string of the molecule is CN(C)S(=O)(=O)c1ccc(OCCNC(=O)C2CCCN(S(=O)(=O)c3ccc(Cl)cc3)C2)cc1. The molecule has 0 aromatic heterocycles. The van der Waals surface area contributed by atoms with Crippen LogP contribution in [0, 0.1) is 5.92 Å². The van der Waals surface area contributed by atoms with Gasteiger partial charge in [-0.1, -0.05) is 11.6 Å². The molecule has 0 spiro atoms. The molecule has 1 N–H and O–H groups in total. The van der Waals surface area contributed by atoms with E-state index in [1.54, 1.807) is 12.1 Å². The fraction of sp³-hybridized carbons (Fsp3) is 0.409. The summed E-state index contributed by atoms with van der Waals surface area (Å²) in [5.41, 5.74) is 0. The Hall–Kier alpha value is -2.18. The van der Waals surface area contributed by atoms with E-state index in [-0.39, 0.29) is 35.4 Å². The van der Waals surface area contributed by atoms with Crippen LogP contribution >= 0.6 is 11.6 Å². The highest BCUT2D eigenvalue weighted by Crippen LogP contribution is 2.25. The number of hydrogen-bond acceptors (Lipinski definition) is 6. The van der Waals surface area contributed by atoms with Crippen molar-refractivity contribution in [2.75, 3.05) is 40.3 Å². The summed E-state index contributed by atoms with van der Waals surface area (Å²) >= 11 is 5.85. The molecule has 2 aromatic rings. The van der Waals surface area contributed by atoms with Crippen molar-refractivity contribution >= 4 is 37.6 Å². The summed E-state index contributed by atoms with van der Waals surface area (Å²) in [7, 11) is -4.29. The minimum atomic E-state index is -3.70. The Balaban J connectivity index is 1.49. The predicted octanol–water partition coefficient (Wildman–Crippen LogP) is 2.19. The van der Waals surface area contributed by atoms with Crippen LogP contribution in [0.1, 0.15) is 12.8 Å². The van der Waals surface area contributed by atoms with Gasteiger partial charge in [-0.05, 0) is 61.4 Å². The maximum atomic E-state index is 12.9. The quantitative estimate of drug-likeness (QED) is 0.498. The van der Waals surface area contributed by atoms with Gasteiger partial charge in [0.25, 0.3) is 0 Å². The van der Waals surface area contributed by atoms with E-state index < -0.39 is 26.0 Å². The van der Waals surface area contributed by atoms with Gasteiger partial charge in [0, 0.05) is 32.2 Å². The highest BCUT2D eigenvalue weighted by atomic mass is 35.5. The van der Waals surface area contributed by atoms with Gasteiger partial charge in [0.2, 0.25) is 26.0 Å². The molecular weight excluding hydrogens is 502 g/mol. The van der Waals surface area contributed by atoms with Crippen molar-refractivity contribution in [2.24, 2.45) is 5.92 Å². The molecule has 1 saturated heterocycles. The number of hydrogen-bond donors (Lipinski definition) is 1. The van der Waals surface area contributed by atoms with Crippen LogP contribution in [0.3, 0.4) is 0 Å². The topological polar surface area (TPSA) is 113 Å². The highest BCUT2D eigenvalue weighted by molar-refractivity contribution is 7.89. The number of piperidine rings is 1. The first-order valence-corrected chi connectivity index (χ1v) is 14.0. The summed E-state index contributed by atoms with van der Waals surface area (Å²) in [6.07, 6.45) is 1.19. The molecule has 3 rings (SSSR count). The monoisotopic (exact) mass is 529 g/mol. The van der Waals surface area contributed by atoms with Crippen molar-refractivity contribution in [3.63, 3.8) is 0 Å². The van der Waals surface area contributed by atoms with Crippen molar-refractivity contribution < 1.29 is 26.4 Å². The van der Waals surface area contributed by atoms with Crippen LogP contribution in [0.4, 0.5) is 0 Å². The minimum absolute atomic E-state index is 0.111. The number of nitrogens with one attached hydrogen (secondary N) is 1. The van der Waals surface area contributed by atoms with Gasteiger partial charge in [-0.25, -0.2) is 21.1 Å². The molecule has 12 heteroatoms. The van der Waals surface area contributed by atoms with E-state index in [0.29, 0.717) is 30.2 Å². The molecule has 1 fully saturated rings. The van der Waals surface area contributed by atoms with Crippen LogP contribution in [-0.2, 0) is 24.8 Å². The van der Waals surface area contributed by atoms with E-state index >= 15 is 0 Å². The average molecular weight is 530 g/mol. The number of halogens is 1. The van der Waals surface area contributed by atoms with Gasteiger partial charge in [0.15, 0.2) is 0 Å². The number of sulfonamides is 2. The Kier molecular flexibility index (Phi) is 8.58. The molecule has 0 bridgehead atoms. The zero-order valence-corrected chi connectivity index (χ0v) is 21.4. The molecule has 1 aliphatic rings. The first-order chi connectivity index (χ1) is 16.0. The van der Waals surface area contributed by atoms with Crippen LogP contribution in [-0.4, -0.2) is 71.7 Å². The van der Waals surface area contributed by atoms with Crippen LogP contribution < -0.4 is 10.1 Å².